The lowest BCUT2D eigenvalue weighted by molar-refractivity contribution is -0.124. The van der Waals surface area contributed by atoms with E-state index in [0.29, 0.717) is 10.6 Å². The second-order valence-electron chi connectivity index (χ2n) is 6.51. The van der Waals surface area contributed by atoms with Gasteiger partial charge in [0.25, 0.3) is 5.91 Å². The number of halogens is 1. The van der Waals surface area contributed by atoms with Gasteiger partial charge in [-0.25, -0.2) is 14.2 Å². The summed E-state index contributed by atoms with van der Waals surface area (Å²) in [6.45, 7) is 3.56. The molecule has 3 aromatic rings. The largest absolute Gasteiger partial charge is 0.451 e. The van der Waals surface area contributed by atoms with Crippen molar-refractivity contribution in [2.45, 2.75) is 26.3 Å². The maximum Gasteiger partial charge on any atom is 0.358 e. The number of hydrogen-bond acceptors (Lipinski definition) is 5. The minimum absolute atomic E-state index is 0.116. The fourth-order valence-corrected chi connectivity index (χ4v) is 3.50. The molecule has 0 aliphatic carbocycles. The first kappa shape index (κ1) is 20.7. The Labute approximate surface area is 172 Å². The zero-order valence-electron chi connectivity index (χ0n) is 16.1. The van der Waals surface area contributed by atoms with Crippen molar-refractivity contribution in [3.63, 3.8) is 0 Å². The predicted molar refractivity (Wildman–Crippen MR) is 110 cm³/mol. The molecular weight excluding hydrogens is 391 g/mol. The number of aryl methyl sites for hydroxylation is 1. The van der Waals surface area contributed by atoms with Gasteiger partial charge < -0.3 is 10.1 Å². The van der Waals surface area contributed by atoms with Gasteiger partial charge in [0.05, 0.1) is 6.04 Å². The van der Waals surface area contributed by atoms with E-state index >= 15 is 0 Å². The van der Waals surface area contributed by atoms with E-state index in [-0.39, 0.29) is 30.1 Å². The number of carbonyl (C=O) groups excluding carboxylic acids is 2. The number of benzene rings is 2. The molecule has 0 bridgehead atoms. The van der Waals surface area contributed by atoms with E-state index in [1.165, 1.54) is 29.0 Å². The quantitative estimate of drug-likeness (QED) is 0.578. The molecular formula is C22H21FN2O3S. The first-order valence-electron chi connectivity index (χ1n) is 9.23. The maximum atomic E-state index is 13.0. The SMILES string of the molecule is CCc1ccc([C@H](C)NC(=O)COC(=O)c2csc(-c3ccc(F)cc3)n2)cc1. The van der Waals surface area contributed by atoms with E-state index in [0.717, 1.165) is 12.0 Å². The third kappa shape index (κ3) is 5.48. The monoisotopic (exact) mass is 412 g/mol. The minimum Gasteiger partial charge on any atom is -0.451 e. The molecule has 29 heavy (non-hydrogen) atoms. The minimum atomic E-state index is -0.676. The zero-order valence-corrected chi connectivity index (χ0v) is 17.0. The van der Waals surface area contributed by atoms with Crippen molar-refractivity contribution in [3.8, 4) is 10.6 Å². The third-order valence-corrected chi connectivity index (χ3v) is 5.30. The molecule has 5 nitrogen and oxygen atoms in total. The topological polar surface area (TPSA) is 68.3 Å². The number of carbonyl (C=O) groups is 2. The van der Waals surface area contributed by atoms with Gasteiger partial charge in [0.15, 0.2) is 12.3 Å². The van der Waals surface area contributed by atoms with E-state index < -0.39 is 5.97 Å². The Morgan fingerprint density at radius 1 is 1.14 bits per heavy atom. The second-order valence-corrected chi connectivity index (χ2v) is 7.36. The number of esters is 1. The number of hydrogen-bond donors (Lipinski definition) is 1. The Balaban J connectivity index is 1.52. The highest BCUT2D eigenvalue weighted by Crippen LogP contribution is 2.24. The number of rotatable bonds is 7. The average molecular weight is 412 g/mol. The smallest absolute Gasteiger partial charge is 0.358 e. The Kier molecular flexibility index (Phi) is 6.72. The van der Waals surface area contributed by atoms with Crippen molar-refractivity contribution in [2.75, 3.05) is 6.61 Å². The van der Waals surface area contributed by atoms with Crippen LogP contribution in [0.4, 0.5) is 4.39 Å². The van der Waals surface area contributed by atoms with Crippen molar-refractivity contribution >= 4 is 23.2 Å². The maximum absolute atomic E-state index is 13.0. The average Bonchev–Trinajstić information content (AvgIpc) is 3.23. The van der Waals surface area contributed by atoms with Crippen LogP contribution in [0.5, 0.6) is 0 Å². The molecule has 0 aliphatic rings. The van der Waals surface area contributed by atoms with Crippen molar-refractivity contribution in [2.24, 2.45) is 0 Å². The van der Waals surface area contributed by atoms with Gasteiger partial charge in [0, 0.05) is 10.9 Å². The lowest BCUT2D eigenvalue weighted by atomic mass is 10.1. The van der Waals surface area contributed by atoms with Gasteiger partial charge >= 0.3 is 5.97 Å². The molecule has 0 spiro atoms. The Morgan fingerprint density at radius 3 is 2.48 bits per heavy atom. The first-order valence-corrected chi connectivity index (χ1v) is 10.1. The van der Waals surface area contributed by atoms with Crippen molar-refractivity contribution in [1.82, 2.24) is 10.3 Å². The van der Waals surface area contributed by atoms with Gasteiger partial charge in [-0.15, -0.1) is 11.3 Å². The van der Waals surface area contributed by atoms with Gasteiger partial charge in [0.2, 0.25) is 0 Å². The van der Waals surface area contributed by atoms with E-state index in [9.17, 15) is 14.0 Å². The fourth-order valence-electron chi connectivity index (χ4n) is 2.71. The number of aromatic nitrogens is 1. The second kappa shape index (κ2) is 9.43. The van der Waals surface area contributed by atoms with Crippen molar-refractivity contribution in [1.29, 1.82) is 0 Å². The van der Waals surface area contributed by atoms with Crippen LogP contribution in [0, 0.1) is 5.82 Å². The number of nitrogens with one attached hydrogen (secondary N) is 1. The summed E-state index contributed by atoms with van der Waals surface area (Å²) in [4.78, 5) is 28.5. The van der Waals surface area contributed by atoms with Crippen LogP contribution < -0.4 is 5.32 Å². The van der Waals surface area contributed by atoms with Crippen LogP contribution in [0.15, 0.2) is 53.9 Å². The Hall–Kier alpha value is -3.06. The van der Waals surface area contributed by atoms with Crippen molar-refractivity contribution < 1.29 is 18.7 Å². The standard InChI is InChI=1S/C22H21FN2O3S/c1-3-15-4-6-16(7-5-15)14(2)24-20(26)12-28-22(27)19-13-29-21(25-19)17-8-10-18(23)11-9-17/h4-11,13-14H,3,12H2,1-2H3,(H,24,26)/t14-/m0/s1. The van der Waals surface area contributed by atoms with Gasteiger partial charge in [0.1, 0.15) is 10.8 Å². The molecule has 3 rings (SSSR count). The lowest BCUT2D eigenvalue weighted by Crippen LogP contribution is -2.31. The summed E-state index contributed by atoms with van der Waals surface area (Å²) >= 11 is 1.25. The van der Waals surface area contributed by atoms with Gasteiger partial charge in [-0.2, -0.15) is 0 Å². The molecule has 1 heterocycles. The Morgan fingerprint density at radius 2 is 1.83 bits per heavy atom. The lowest BCUT2D eigenvalue weighted by Gasteiger charge is -2.14. The summed E-state index contributed by atoms with van der Waals surface area (Å²) in [6, 6.07) is 13.6. The predicted octanol–water partition coefficient (Wildman–Crippen LogP) is 4.55. The first-order chi connectivity index (χ1) is 14.0. The summed E-state index contributed by atoms with van der Waals surface area (Å²) in [5.74, 6) is -1.41. The molecule has 2 aromatic carbocycles. The summed E-state index contributed by atoms with van der Waals surface area (Å²) in [5, 5.41) is 4.93. The van der Waals surface area contributed by atoms with Crippen LogP contribution in [-0.2, 0) is 16.0 Å². The van der Waals surface area contributed by atoms with E-state index in [4.69, 9.17) is 4.74 Å². The van der Waals surface area contributed by atoms with Crippen LogP contribution in [0.2, 0.25) is 0 Å². The molecule has 0 saturated heterocycles. The zero-order chi connectivity index (χ0) is 20.8. The number of amides is 1. The molecule has 1 atom stereocenters. The van der Waals surface area contributed by atoms with E-state index in [2.05, 4.69) is 17.2 Å². The normalized spacial score (nSPS) is 11.7. The van der Waals surface area contributed by atoms with Crippen LogP contribution in [0.25, 0.3) is 10.6 Å². The van der Waals surface area contributed by atoms with Crippen molar-refractivity contribution in [3.05, 3.63) is 76.5 Å². The summed E-state index contributed by atoms with van der Waals surface area (Å²) < 4.78 is 18.1. The van der Waals surface area contributed by atoms with Crippen LogP contribution in [0.3, 0.4) is 0 Å². The molecule has 1 amide bonds. The third-order valence-electron chi connectivity index (χ3n) is 4.40. The van der Waals surface area contributed by atoms with Gasteiger partial charge in [-0.05, 0) is 48.7 Å². The molecule has 1 N–H and O–H groups in total. The summed E-state index contributed by atoms with van der Waals surface area (Å²) in [5.41, 5.74) is 3.02. The van der Waals surface area contributed by atoms with Crippen LogP contribution >= 0.6 is 11.3 Å². The highest BCUT2D eigenvalue weighted by atomic mass is 32.1. The molecule has 0 saturated carbocycles. The highest BCUT2D eigenvalue weighted by molar-refractivity contribution is 7.13. The summed E-state index contributed by atoms with van der Waals surface area (Å²) in [7, 11) is 0. The van der Waals surface area contributed by atoms with E-state index in [1.807, 2.05) is 31.2 Å². The number of ether oxygens (including phenoxy) is 1. The van der Waals surface area contributed by atoms with Crippen LogP contribution in [-0.4, -0.2) is 23.5 Å². The highest BCUT2D eigenvalue weighted by Gasteiger charge is 2.16. The molecule has 7 heteroatoms. The molecule has 150 valence electrons. The van der Waals surface area contributed by atoms with Gasteiger partial charge in [-0.3, -0.25) is 4.79 Å². The molecule has 0 radical (unpaired) electrons. The van der Waals surface area contributed by atoms with E-state index in [1.54, 1.807) is 17.5 Å². The number of nitrogens with zero attached hydrogens (tertiary/aromatic N) is 1. The Bertz CT molecular complexity index is 984. The fraction of sp³-hybridized carbons (Fsp3) is 0.227. The summed E-state index contributed by atoms with van der Waals surface area (Å²) in [6.07, 6.45) is 0.955. The molecule has 0 aliphatic heterocycles. The van der Waals surface area contributed by atoms with Gasteiger partial charge in [-0.1, -0.05) is 31.2 Å². The van der Waals surface area contributed by atoms with Crippen LogP contribution in [0.1, 0.15) is 41.5 Å². The molecule has 0 fully saturated rings. The molecule has 1 aromatic heterocycles. The number of thiazole rings is 1. The molecule has 0 unspecified atom stereocenters.